The lowest BCUT2D eigenvalue weighted by molar-refractivity contribution is 0.217. The standard InChI is InChI=1S/C15H13O3/c16-12-13-6-4-5-9-15(13)18-11-10-17-14-7-2-1-3-8-14/h1-9H,10-11H2. The molecule has 1 radical (unpaired) electrons. The van der Waals surface area contributed by atoms with Gasteiger partial charge in [0.05, 0.1) is 5.56 Å². The van der Waals surface area contributed by atoms with E-state index in [0.29, 0.717) is 24.5 Å². The van der Waals surface area contributed by atoms with Gasteiger partial charge in [-0.25, -0.2) is 0 Å². The third-order valence-electron chi connectivity index (χ3n) is 2.35. The Balaban J connectivity index is 1.80. The van der Waals surface area contributed by atoms with Crippen molar-refractivity contribution in [1.82, 2.24) is 0 Å². The van der Waals surface area contributed by atoms with Gasteiger partial charge in [-0.15, -0.1) is 0 Å². The first-order valence-corrected chi connectivity index (χ1v) is 5.68. The highest BCUT2D eigenvalue weighted by Crippen LogP contribution is 2.15. The summed E-state index contributed by atoms with van der Waals surface area (Å²) in [7, 11) is 0. The van der Waals surface area contributed by atoms with Crippen LogP contribution in [0.4, 0.5) is 0 Å². The van der Waals surface area contributed by atoms with Crippen molar-refractivity contribution in [2.75, 3.05) is 13.2 Å². The highest BCUT2D eigenvalue weighted by atomic mass is 16.5. The third-order valence-corrected chi connectivity index (χ3v) is 2.35. The Hall–Kier alpha value is -2.29. The van der Waals surface area contributed by atoms with Gasteiger partial charge in [-0.05, 0) is 24.3 Å². The molecule has 2 aromatic carbocycles. The van der Waals surface area contributed by atoms with Gasteiger partial charge in [0.1, 0.15) is 24.7 Å². The number of ether oxygens (including phenoxy) is 2. The van der Waals surface area contributed by atoms with Crippen LogP contribution in [0.3, 0.4) is 0 Å². The number of carbonyl (C=O) groups excluding carboxylic acids is 1. The first kappa shape index (κ1) is 12.2. The lowest BCUT2D eigenvalue weighted by Gasteiger charge is -2.09. The number of rotatable bonds is 6. The van der Waals surface area contributed by atoms with E-state index in [2.05, 4.69) is 0 Å². The monoisotopic (exact) mass is 241 g/mol. The molecule has 91 valence electrons. The van der Waals surface area contributed by atoms with Gasteiger partial charge in [0.25, 0.3) is 0 Å². The zero-order valence-electron chi connectivity index (χ0n) is 9.84. The predicted octanol–water partition coefficient (Wildman–Crippen LogP) is 2.60. The summed E-state index contributed by atoms with van der Waals surface area (Å²) in [6.45, 7) is 0.810. The first-order valence-electron chi connectivity index (χ1n) is 5.68. The molecular weight excluding hydrogens is 228 g/mol. The number of hydrogen-bond acceptors (Lipinski definition) is 3. The van der Waals surface area contributed by atoms with Crippen molar-refractivity contribution >= 4 is 6.29 Å². The van der Waals surface area contributed by atoms with Crippen LogP contribution >= 0.6 is 0 Å². The largest absolute Gasteiger partial charge is 0.490 e. The fourth-order valence-electron chi connectivity index (χ4n) is 1.50. The fourth-order valence-corrected chi connectivity index (χ4v) is 1.50. The summed E-state index contributed by atoms with van der Waals surface area (Å²) in [6, 6.07) is 16.5. The van der Waals surface area contributed by atoms with Gasteiger partial charge in [0.15, 0.2) is 0 Å². The predicted molar refractivity (Wildman–Crippen MR) is 68.7 cm³/mol. The molecule has 0 N–H and O–H groups in total. The van der Waals surface area contributed by atoms with Crippen molar-refractivity contribution in [3.05, 3.63) is 60.2 Å². The highest BCUT2D eigenvalue weighted by Gasteiger charge is 2.01. The maximum absolute atomic E-state index is 10.6. The molecule has 3 heteroatoms. The first-order chi connectivity index (χ1) is 8.90. The van der Waals surface area contributed by atoms with Crippen LogP contribution < -0.4 is 9.47 Å². The summed E-state index contributed by atoms with van der Waals surface area (Å²) >= 11 is 0. The molecule has 0 bridgehead atoms. The molecule has 0 spiro atoms. The van der Waals surface area contributed by atoms with Crippen LogP contribution in [0.1, 0.15) is 5.56 Å². The quantitative estimate of drug-likeness (QED) is 0.729. The highest BCUT2D eigenvalue weighted by molar-refractivity contribution is 5.79. The van der Waals surface area contributed by atoms with Gasteiger partial charge in [0, 0.05) is 0 Å². The Labute approximate surface area is 106 Å². The minimum atomic E-state index is 0.383. The average molecular weight is 241 g/mol. The third kappa shape index (κ3) is 3.35. The zero-order valence-corrected chi connectivity index (χ0v) is 9.84. The summed E-state index contributed by atoms with van der Waals surface area (Å²) in [6.07, 6.45) is 1.84. The van der Waals surface area contributed by atoms with Crippen LogP contribution in [0.15, 0.2) is 54.6 Å². The molecular formula is C15H13O3. The summed E-state index contributed by atoms with van der Waals surface area (Å²) in [5, 5.41) is 0. The van der Waals surface area contributed by atoms with E-state index in [1.54, 1.807) is 18.2 Å². The molecule has 2 aromatic rings. The van der Waals surface area contributed by atoms with Crippen LogP contribution in [-0.2, 0) is 4.79 Å². The molecule has 2 rings (SSSR count). The van der Waals surface area contributed by atoms with Gasteiger partial charge in [-0.1, -0.05) is 30.3 Å². The smallest absolute Gasteiger partial charge is 0.237 e. The van der Waals surface area contributed by atoms with Crippen molar-refractivity contribution < 1.29 is 14.3 Å². The Bertz CT molecular complexity index is 494. The van der Waals surface area contributed by atoms with E-state index >= 15 is 0 Å². The van der Waals surface area contributed by atoms with Crippen molar-refractivity contribution in [2.24, 2.45) is 0 Å². The van der Waals surface area contributed by atoms with Crippen LogP contribution in [0.25, 0.3) is 0 Å². The molecule has 0 unspecified atom stereocenters. The summed E-state index contributed by atoms with van der Waals surface area (Å²) in [5.41, 5.74) is 0.428. The van der Waals surface area contributed by atoms with Crippen LogP contribution in [0.2, 0.25) is 0 Å². The molecule has 0 fully saturated rings. The van der Waals surface area contributed by atoms with Gasteiger partial charge in [0.2, 0.25) is 6.29 Å². The second-order valence-electron chi connectivity index (χ2n) is 3.61. The Morgan fingerprint density at radius 2 is 1.50 bits per heavy atom. The molecule has 0 aliphatic carbocycles. The molecule has 0 saturated heterocycles. The second kappa shape index (κ2) is 6.45. The van der Waals surface area contributed by atoms with E-state index in [9.17, 15) is 4.79 Å². The topological polar surface area (TPSA) is 35.5 Å². The zero-order chi connectivity index (χ0) is 12.6. The minimum Gasteiger partial charge on any atom is -0.490 e. The molecule has 0 aliphatic rings. The Morgan fingerprint density at radius 1 is 0.833 bits per heavy atom. The van der Waals surface area contributed by atoms with Crippen LogP contribution in [0, 0.1) is 0 Å². The van der Waals surface area contributed by atoms with E-state index in [-0.39, 0.29) is 0 Å². The van der Waals surface area contributed by atoms with E-state index in [0.717, 1.165) is 5.75 Å². The van der Waals surface area contributed by atoms with E-state index in [1.165, 1.54) is 0 Å². The van der Waals surface area contributed by atoms with Gasteiger partial charge < -0.3 is 9.47 Å². The normalized spacial score (nSPS) is 9.78. The average Bonchev–Trinajstić information content (AvgIpc) is 2.45. The Kier molecular flexibility index (Phi) is 4.36. The van der Waals surface area contributed by atoms with Gasteiger partial charge in [-0.3, -0.25) is 4.79 Å². The fraction of sp³-hybridized carbons (Fsp3) is 0.133. The lowest BCUT2D eigenvalue weighted by Crippen LogP contribution is -2.09. The second-order valence-corrected chi connectivity index (χ2v) is 3.61. The van der Waals surface area contributed by atoms with Gasteiger partial charge >= 0.3 is 0 Å². The molecule has 0 amide bonds. The molecule has 0 heterocycles. The molecule has 18 heavy (non-hydrogen) atoms. The maximum atomic E-state index is 10.6. The lowest BCUT2D eigenvalue weighted by atomic mass is 10.2. The minimum absolute atomic E-state index is 0.383. The van der Waals surface area contributed by atoms with Gasteiger partial charge in [-0.2, -0.15) is 0 Å². The Morgan fingerprint density at radius 3 is 2.28 bits per heavy atom. The van der Waals surface area contributed by atoms with Crippen LogP contribution in [-0.4, -0.2) is 19.5 Å². The molecule has 0 saturated carbocycles. The SMILES string of the molecule is O=[C]c1ccccc1OCCOc1ccccc1. The van der Waals surface area contributed by atoms with Crippen LogP contribution in [0.5, 0.6) is 11.5 Å². The summed E-state index contributed by atoms with van der Waals surface area (Å²) in [4.78, 5) is 10.6. The van der Waals surface area contributed by atoms with E-state index < -0.39 is 0 Å². The van der Waals surface area contributed by atoms with Crippen molar-refractivity contribution in [3.8, 4) is 11.5 Å². The number of para-hydroxylation sites is 2. The van der Waals surface area contributed by atoms with Crippen molar-refractivity contribution in [2.45, 2.75) is 0 Å². The molecule has 0 aliphatic heterocycles. The molecule has 0 aromatic heterocycles. The number of benzene rings is 2. The summed E-state index contributed by atoms with van der Waals surface area (Å²) < 4.78 is 10.9. The van der Waals surface area contributed by atoms with Crippen molar-refractivity contribution in [1.29, 1.82) is 0 Å². The molecule has 3 nitrogen and oxygen atoms in total. The van der Waals surface area contributed by atoms with E-state index in [1.807, 2.05) is 42.7 Å². The summed E-state index contributed by atoms with van der Waals surface area (Å²) in [5.74, 6) is 1.33. The van der Waals surface area contributed by atoms with Crippen molar-refractivity contribution in [3.63, 3.8) is 0 Å². The number of hydrogen-bond donors (Lipinski definition) is 0. The maximum Gasteiger partial charge on any atom is 0.237 e. The molecule has 0 atom stereocenters. The van der Waals surface area contributed by atoms with E-state index in [4.69, 9.17) is 9.47 Å².